The first-order valence-corrected chi connectivity index (χ1v) is 4.38. The van der Waals surface area contributed by atoms with Gasteiger partial charge in [0, 0.05) is 32.7 Å². The summed E-state index contributed by atoms with van der Waals surface area (Å²) in [6, 6.07) is 3.80. The summed E-state index contributed by atoms with van der Waals surface area (Å²) in [6.45, 7) is 0. The molecule has 1 aromatic heterocycles. The van der Waals surface area contributed by atoms with Gasteiger partial charge in [0.05, 0.1) is 6.10 Å². The molecule has 0 spiro atoms. The molecule has 0 saturated heterocycles. The van der Waals surface area contributed by atoms with Gasteiger partial charge in [-0.25, -0.2) is 0 Å². The SMILES string of the molecule is OC1CCCC1c1cc[c-]nc1.[Y]. The third kappa shape index (κ3) is 2.58. The largest absolute Gasteiger partial charge is 0.394 e. The molecule has 2 rings (SSSR count). The third-order valence-electron chi connectivity index (χ3n) is 2.55. The fraction of sp³-hybridized carbons (Fsp3) is 0.500. The molecule has 0 amide bonds. The van der Waals surface area contributed by atoms with Crippen LogP contribution in [-0.2, 0) is 32.7 Å². The summed E-state index contributed by atoms with van der Waals surface area (Å²) in [5, 5.41) is 9.60. The summed E-state index contributed by atoms with van der Waals surface area (Å²) in [7, 11) is 0. The second-order valence-electron chi connectivity index (χ2n) is 3.33. The van der Waals surface area contributed by atoms with Gasteiger partial charge in [-0.1, -0.05) is 18.8 Å². The van der Waals surface area contributed by atoms with Crippen LogP contribution in [0.4, 0.5) is 0 Å². The molecule has 2 unspecified atom stereocenters. The Kier molecular flexibility index (Phi) is 4.50. The summed E-state index contributed by atoms with van der Waals surface area (Å²) in [5.74, 6) is 0.312. The van der Waals surface area contributed by atoms with Gasteiger partial charge in [0.15, 0.2) is 0 Å². The van der Waals surface area contributed by atoms with Gasteiger partial charge in [0.1, 0.15) is 0 Å². The van der Waals surface area contributed by atoms with E-state index in [0.29, 0.717) is 5.92 Å². The Labute approximate surface area is 104 Å². The maximum absolute atomic E-state index is 9.60. The number of aliphatic hydroxyl groups excluding tert-OH is 1. The smallest absolute Gasteiger partial charge is 0.0589 e. The van der Waals surface area contributed by atoms with Crippen molar-refractivity contribution in [1.82, 2.24) is 4.98 Å². The molecule has 13 heavy (non-hydrogen) atoms. The van der Waals surface area contributed by atoms with Crippen LogP contribution in [0, 0.1) is 6.20 Å². The predicted octanol–water partition coefficient (Wildman–Crippen LogP) is 1.51. The van der Waals surface area contributed by atoms with E-state index in [0.717, 1.165) is 24.8 Å². The summed E-state index contributed by atoms with van der Waals surface area (Å²) in [5.41, 5.74) is 1.15. The van der Waals surface area contributed by atoms with Crippen LogP contribution < -0.4 is 0 Å². The minimum Gasteiger partial charge on any atom is -0.394 e. The number of hydrogen-bond donors (Lipinski definition) is 1. The van der Waals surface area contributed by atoms with Gasteiger partial charge in [-0.15, -0.1) is 5.56 Å². The minimum absolute atomic E-state index is 0. The fourth-order valence-corrected chi connectivity index (χ4v) is 1.88. The second-order valence-corrected chi connectivity index (χ2v) is 3.33. The van der Waals surface area contributed by atoms with Crippen molar-refractivity contribution in [3.05, 3.63) is 30.1 Å². The Bertz CT molecular complexity index is 252. The molecule has 2 atom stereocenters. The average Bonchev–Trinajstić information content (AvgIpc) is 2.53. The molecule has 1 aromatic rings. The zero-order valence-electron chi connectivity index (χ0n) is 7.48. The standard InChI is InChI=1S/C10H12NO.Y/c12-10-5-1-4-9(10)8-3-2-6-11-7-8;/h2-3,7,9-10,12H,1,4-5H2;/q-1;. The molecule has 67 valence electrons. The topological polar surface area (TPSA) is 33.1 Å². The average molecular weight is 251 g/mol. The van der Waals surface area contributed by atoms with Crippen molar-refractivity contribution < 1.29 is 37.8 Å². The van der Waals surface area contributed by atoms with Gasteiger partial charge >= 0.3 is 0 Å². The molecular formula is C10H12NOY-. The molecule has 1 fully saturated rings. The van der Waals surface area contributed by atoms with Gasteiger partial charge in [0.25, 0.3) is 0 Å². The zero-order valence-corrected chi connectivity index (χ0v) is 10.3. The van der Waals surface area contributed by atoms with Crippen LogP contribution in [0.25, 0.3) is 0 Å². The number of aliphatic hydroxyl groups is 1. The van der Waals surface area contributed by atoms with E-state index in [1.165, 1.54) is 0 Å². The van der Waals surface area contributed by atoms with Crippen molar-refractivity contribution in [3.8, 4) is 0 Å². The summed E-state index contributed by atoms with van der Waals surface area (Å²) >= 11 is 0. The molecule has 1 aliphatic carbocycles. The van der Waals surface area contributed by atoms with E-state index in [1.54, 1.807) is 12.3 Å². The Morgan fingerprint density at radius 1 is 1.46 bits per heavy atom. The number of nitrogens with zero attached hydrogens (tertiary/aromatic N) is 1. The van der Waals surface area contributed by atoms with Crippen LogP contribution in [0.3, 0.4) is 0 Å². The maximum atomic E-state index is 9.60. The molecule has 1 N–H and O–H groups in total. The minimum atomic E-state index is -0.158. The molecule has 0 aromatic carbocycles. The van der Waals surface area contributed by atoms with Crippen molar-refractivity contribution in [3.63, 3.8) is 0 Å². The summed E-state index contributed by atoms with van der Waals surface area (Å²) in [6.07, 6.45) is 7.54. The zero-order chi connectivity index (χ0) is 8.39. The fourth-order valence-electron chi connectivity index (χ4n) is 1.88. The molecule has 1 heterocycles. The summed E-state index contributed by atoms with van der Waals surface area (Å²) < 4.78 is 0. The number of aromatic nitrogens is 1. The number of rotatable bonds is 1. The summed E-state index contributed by atoms with van der Waals surface area (Å²) in [4.78, 5) is 3.93. The van der Waals surface area contributed by atoms with Gasteiger partial charge in [-0.05, 0) is 18.8 Å². The first-order valence-electron chi connectivity index (χ1n) is 4.38. The Morgan fingerprint density at radius 2 is 2.31 bits per heavy atom. The van der Waals surface area contributed by atoms with Crippen LogP contribution >= 0.6 is 0 Å². The number of pyridine rings is 1. The van der Waals surface area contributed by atoms with E-state index in [1.807, 2.05) is 6.07 Å². The molecule has 0 aliphatic heterocycles. The molecule has 0 bridgehead atoms. The van der Waals surface area contributed by atoms with E-state index in [-0.39, 0.29) is 38.8 Å². The molecule has 1 radical (unpaired) electrons. The molecule has 2 nitrogen and oxygen atoms in total. The second kappa shape index (κ2) is 5.18. The number of hydrogen-bond acceptors (Lipinski definition) is 2. The van der Waals surface area contributed by atoms with Crippen molar-refractivity contribution in [2.45, 2.75) is 31.3 Å². The van der Waals surface area contributed by atoms with Crippen molar-refractivity contribution >= 4 is 0 Å². The van der Waals surface area contributed by atoms with Crippen LogP contribution in [-0.4, -0.2) is 16.2 Å². The normalized spacial score (nSPS) is 26.8. The molecule has 3 heteroatoms. The molecular weight excluding hydrogens is 239 g/mol. The van der Waals surface area contributed by atoms with Crippen molar-refractivity contribution in [2.24, 2.45) is 0 Å². The first-order chi connectivity index (χ1) is 5.88. The van der Waals surface area contributed by atoms with E-state index in [4.69, 9.17) is 0 Å². The molecule has 1 saturated carbocycles. The van der Waals surface area contributed by atoms with Gasteiger partial charge in [-0.3, -0.25) is 0 Å². The third-order valence-corrected chi connectivity index (χ3v) is 2.55. The first kappa shape index (κ1) is 11.3. The quantitative estimate of drug-likeness (QED) is 0.767. The Balaban J connectivity index is 0.000000845. The Hall–Kier alpha value is 0.214. The van der Waals surface area contributed by atoms with E-state index in [2.05, 4.69) is 11.2 Å². The maximum Gasteiger partial charge on any atom is 0.0589 e. The predicted molar refractivity (Wildman–Crippen MR) is 45.7 cm³/mol. The monoisotopic (exact) mass is 251 g/mol. The van der Waals surface area contributed by atoms with E-state index in [9.17, 15) is 5.11 Å². The van der Waals surface area contributed by atoms with Gasteiger partial charge in [-0.2, -0.15) is 12.1 Å². The van der Waals surface area contributed by atoms with Crippen LogP contribution in [0.1, 0.15) is 30.7 Å². The van der Waals surface area contributed by atoms with Crippen LogP contribution in [0.15, 0.2) is 18.3 Å². The van der Waals surface area contributed by atoms with Crippen LogP contribution in [0.5, 0.6) is 0 Å². The van der Waals surface area contributed by atoms with E-state index < -0.39 is 0 Å². The van der Waals surface area contributed by atoms with Gasteiger partial charge < -0.3 is 10.1 Å². The van der Waals surface area contributed by atoms with E-state index >= 15 is 0 Å². The molecule has 1 aliphatic rings. The van der Waals surface area contributed by atoms with Gasteiger partial charge in [0.2, 0.25) is 0 Å². The van der Waals surface area contributed by atoms with Crippen molar-refractivity contribution in [1.29, 1.82) is 0 Å². The van der Waals surface area contributed by atoms with Crippen molar-refractivity contribution in [2.75, 3.05) is 0 Å². The van der Waals surface area contributed by atoms with Crippen LogP contribution in [0.2, 0.25) is 0 Å². The Morgan fingerprint density at radius 3 is 2.85 bits per heavy atom.